The second kappa shape index (κ2) is 37.4. The van der Waals surface area contributed by atoms with Crippen LogP contribution >= 0.6 is 0 Å². The summed E-state index contributed by atoms with van der Waals surface area (Å²) in [5.41, 5.74) is 0. The molecule has 0 saturated carbocycles. The number of aliphatic hydroxyl groups is 7. The molecule has 1 saturated heterocycles. The molecule has 1 aliphatic rings. The number of unbranched alkanes of at least 4 members (excludes halogenated alkanes) is 23. The molecule has 0 aromatic heterocycles. The Hall–Kier alpha value is -1.41. The van der Waals surface area contributed by atoms with Gasteiger partial charge < -0.3 is 50.5 Å². The summed E-state index contributed by atoms with van der Waals surface area (Å²) < 4.78 is 11.1. The number of allylic oxidation sites excluding steroid dienone is 4. The zero-order valence-electron chi connectivity index (χ0n) is 36.8. The number of hydrogen-bond donors (Lipinski definition) is 8. The lowest BCUT2D eigenvalue weighted by Gasteiger charge is -2.40. The van der Waals surface area contributed by atoms with E-state index >= 15 is 0 Å². The highest BCUT2D eigenvalue weighted by molar-refractivity contribution is 5.80. The summed E-state index contributed by atoms with van der Waals surface area (Å²) in [6.45, 7) is 3.41. The van der Waals surface area contributed by atoms with Crippen LogP contribution in [0.4, 0.5) is 0 Å². The Bertz CT molecular complexity index is 997. The van der Waals surface area contributed by atoms with Gasteiger partial charge in [-0.2, -0.15) is 0 Å². The normalized spacial score (nSPS) is 22.1. The predicted octanol–water partition coefficient (Wildman–Crippen LogP) is 7.84. The fraction of sp³-hybridized carbons (Fsp3) is 0.894. The summed E-state index contributed by atoms with van der Waals surface area (Å²) in [4.78, 5) is 13.1. The fourth-order valence-electron chi connectivity index (χ4n) is 7.49. The molecular formula is C47H89NO10. The highest BCUT2D eigenvalue weighted by Gasteiger charge is 2.44. The number of hydrogen-bond acceptors (Lipinski definition) is 10. The van der Waals surface area contributed by atoms with Crippen molar-refractivity contribution >= 4 is 5.91 Å². The Morgan fingerprint density at radius 3 is 1.48 bits per heavy atom. The van der Waals surface area contributed by atoms with Gasteiger partial charge in [-0.1, -0.05) is 160 Å². The third-order valence-corrected chi connectivity index (χ3v) is 11.5. The molecule has 0 aromatic carbocycles. The van der Waals surface area contributed by atoms with E-state index in [1.54, 1.807) is 0 Å². The Labute approximate surface area is 353 Å². The molecule has 0 spiro atoms. The van der Waals surface area contributed by atoms with Crippen molar-refractivity contribution in [3.63, 3.8) is 0 Å². The highest BCUT2D eigenvalue weighted by Crippen LogP contribution is 2.23. The Morgan fingerprint density at radius 2 is 1.02 bits per heavy atom. The van der Waals surface area contributed by atoms with Crippen molar-refractivity contribution in [1.29, 1.82) is 0 Å². The van der Waals surface area contributed by atoms with E-state index in [1.165, 1.54) is 109 Å². The Morgan fingerprint density at radius 1 is 0.586 bits per heavy atom. The Balaban J connectivity index is 2.47. The maximum Gasteiger partial charge on any atom is 0.249 e. The molecule has 9 unspecified atom stereocenters. The van der Waals surface area contributed by atoms with E-state index in [2.05, 4.69) is 43.5 Å². The van der Waals surface area contributed by atoms with Gasteiger partial charge in [-0.05, 0) is 64.2 Å². The van der Waals surface area contributed by atoms with Gasteiger partial charge in [-0.3, -0.25) is 4.79 Å². The van der Waals surface area contributed by atoms with Crippen molar-refractivity contribution in [3.05, 3.63) is 24.3 Å². The molecule has 11 heteroatoms. The van der Waals surface area contributed by atoms with E-state index in [4.69, 9.17) is 9.47 Å². The molecule has 11 nitrogen and oxygen atoms in total. The summed E-state index contributed by atoms with van der Waals surface area (Å²) >= 11 is 0. The van der Waals surface area contributed by atoms with Gasteiger partial charge in [0.05, 0.1) is 25.4 Å². The largest absolute Gasteiger partial charge is 0.394 e. The minimum absolute atomic E-state index is 0.241. The molecule has 1 amide bonds. The standard InChI is InChI=1S/C47H89NO10/c1-3-5-7-9-11-13-15-17-19-20-21-23-25-27-29-31-33-35-40(51)46(56)48-38(37-57-47-45(55)44(54)43(53)41(36-49)58-47)42(52)39(50)34-32-30-28-26-24-22-18-16-14-12-10-8-6-4-2/h21,23,26,28,38-45,47,49-55H,3-20,22,24-25,27,29-37H2,1-2H3,(H,48,56)/b23-21-,28-26+. The average molecular weight is 828 g/mol. The lowest BCUT2D eigenvalue weighted by molar-refractivity contribution is -0.303. The van der Waals surface area contributed by atoms with Crippen LogP contribution in [0.1, 0.15) is 200 Å². The van der Waals surface area contributed by atoms with Crippen LogP contribution in [0.5, 0.6) is 0 Å². The maximum atomic E-state index is 13.1. The van der Waals surface area contributed by atoms with Crippen molar-refractivity contribution in [2.45, 2.75) is 255 Å². The van der Waals surface area contributed by atoms with Crippen molar-refractivity contribution in [1.82, 2.24) is 5.32 Å². The summed E-state index contributed by atoms with van der Waals surface area (Å²) in [5.74, 6) is -0.715. The SMILES string of the molecule is CCCCCCCCCCC/C=C\CCCCCCC(O)C(=O)NC(COC1OC(CO)C(O)C(O)C1O)C(O)C(O)CCC/C=C/CCCCCCCCCCC. The number of aliphatic hydroxyl groups excluding tert-OH is 7. The molecule has 1 rings (SSSR count). The lowest BCUT2D eigenvalue weighted by atomic mass is 9.98. The average Bonchev–Trinajstić information content (AvgIpc) is 3.22. The smallest absolute Gasteiger partial charge is 0.249 e. The van der Waals surface area contributed by atoms with Crippen LogP contribution in [0, 0.1) is 0 Å². The van der Waals surface area contributed by atoms with E-state index in [0.29, 0.717) is 12.8 Å². The van der Waals surface area contributed by atoms with E-state index in [1.807, 2.05) is 0 Å². The van der Waals surface area contributed by atoms with E-state index in [-0.39, 0.29) is 12.8 Å². The highest BCUT2D eigenvalue weighted by atomic mass is 16.7. The zero-order chi connectivity index (χ0) is 42.6. The molecule has 0 aromatic rings. The van der Waals surface area contributed by atoms with Crippen LogP contribution in [0.2, 0.25) is 0 Å². The third-order valence-electron chi connectivity index (χ3n) is 11.5. The van der Waals surface area contributed by atoms with E-state index in [0.717, 1.165) is 51.4 Å². The molecule has 0 bridgehead atoms. The first-order chi connectivity index (χ1) is 28.2. The van der Waals surface area contributed by atoms with E-state index in [9.17, 15) is 40.5 Å². The fourth-order valence-corrected chi connectivity index (χ4v) is 7.49. The number of amides is 1. The van der Waals surface area contributed by atoms with Gasteiger partial charge in [-0.25, -0.2) is 0 Å². The van der Waals surface area contributed by atoms with Crippen molar-refractivity contribution in [2.75, 3.05) is 13.2 Å². The van der Waals surface area contributed by atoms with Crippen molar-refractivity contribution in [3.8, 4) is 0 Å². The number of carbonyl (C=O) groups excluding carboxylic acids is 1. The second-order valence-corrected chi connectivity index (χ2v) is 16.8. The molecule has 1 fully saturated rings. The maximum absolute atomic E-state index is 13.1. The zero-order valence-corrected chi connectivity index (χ0v) is 36.8. The van der Waals surface area contributed by atoms with Crippen molar-refractivity contribution < 1.29 is 50.0 Å². The van der Waals surface area contributed by atoms with Gasteiger partial charge in [0.15, 0.2) is 6.29 Å². The molecular weight excluding hydrogens is 739 g/mol. The minimum Gasteiger partial charge on any atom is -0.394 e. The van der Waals surface area contributed by atoms with Crippen molar-refractivity contribution in [2.24, 2.45) is 0 Å². The summed E-state index contributed by atoms with van der Waals surface area (Å²) in [6, 6.07) is -1.19. The van der Waals surface area contributed by atoms with Crippen LogP contribution < -0.4 is 5.32 Å². The first-order valence-electron chi connectivity index (χ1n) is 23.7. The first-order valence-corrected chi connectivity index (χ1v) is 23.7. The van der Waals surface area contributed by atoms with Gasteiger partial charge in [0.2, 0.25) is 5.91 Å². The van der Waals surface area contributed by atoms with Gasteiger partial charge in [-0.15, -0.1) is 0 Å². The van der Waals surface area contributed by atoms with Gasteiger partial charge >= 0.3 is 0 Å². The predicted molar refractivity (Wildman–Crippen MR) is 233 cm³/mol. The topological polar surface area (TPSA) is 189 Å². The van der Waals surface area contributed by atoms with Crippen LogP contribution in [0.3, 0.4) is 0 Å². The third kappa shape index (κ3) is 26.7. The van der Waals surface area contributed by atoms with Gasteiger partial charge in [0.1, 0.15) is 36.6 Å². The molecule has 0 radical (unpaired) electrons. The monoisotopic (exact) mass is 828 g/mol. The second-order valence-electron chi connectivity index (χ2n) is 16.8. The molecule has 1 aliphatic heterocycles. The molecule has 58 heavy (non-hydrogen) atoms. The Kier molecular flexibility index (Phi) is 35.2. The number of carbonyl (C=O) groups is 1. The summed E-state index contributed by atoms with van der Waals surface area (Å²) in [6.07, 6.45) is 29.4. The molecule has 0 aliphatic carbocycles. The van der Waals surface area contributed by atoms with Gasteiger partial charge in [0.25, 0.3) is 0 Å². The summed E-state index contributed by atoms with van der Waals surface area (Å²) in [7, 11) is 0. The van der Waals surface area contributed by atoms with Crippen LogP contribution in [-0.2, 0) is 14.3 Å². The number of rotatable bonds is 39. The molecule has 8 N–H and O–H groups in total. The molecule has 9 atom stereocenters. The van der Waals surface area contributed by atoms with Crippen LogP contribution in [0.25, 0.3) is 0 Å². The molecule has 342 valence electrons. The van der Waals surface area contributed by atoms with Gasteiger partial charge in [0, 0.05) is 0 Å². The lowest BCUT2D eigenvalue weighted by Crippen LogP contribution is -2.60. The first kappa shape index (κ1) is 54.6. The number of ether oxygens (including phenoxy) is 2. The molecule has 1 heterocycles. The van der Waals surface area contributed by atoms with E-state index < -0.39 is 74.2 Å². The van der Waals surface area contributed by atoms with Crippen LogP contribution in [0.15, 0.2) is 24.3 Å². The minimum atomic E-state index is -1.67. The summed E-state index contributed by atoms with van der Waals surface area (Å²) in [5, 5.41) is 75.6. The quantitative estimate of drug-likeness (QED) is 0.0224. The van der Waals surface area contributed by atoms with Crippen LogP contribution in [-0.4, -0.2) is 110 Å². The number of nitrogens with one attached hydrogen (secondary N) is 1.